The molecular formula is C58H44N2. The zero-order valence-corrected chi connectivity index (χ0v) is 34.4. The molecule has 286 valence electrons. The Morgan fingerprint density at radius 2 is 0.817 bits per heavy atom. The molecule has 0 aliphatic heterocycles. The predicted molar refractivity (Wildman–Crippen MR) is 254 cm³/mol. The summed E-state index contributed by atoms with van der Waals surface area (Å²) in [5.74, 6) is 0. The van der Waals surface area contributed by atoms with E-state index in [1.54, 1.807) is 0 Å². The smallest absolute Gasteiger partial charge is 0.0709 e. The summed E-state index contributed by atoms with van der Waals surface area (Å²) in [6.45, 7) is 9.54. The van der Waals surface area contributed by atoms with Crippen molar-refractivity contribution in [3.05, 3.63) is 216 Å². The number of anilines is 3. The van der Waals surface area contributed by atoms with Gasteiger partial charge >= 0.3 is 0 Å². The first-order chi connectivity index (χ1) is 29.3. The lowest BCUT2D eigenvalue weighted by atomic mass is 9.82. The van der Waals surface area contributed by atoms with E-state index in [1.165, 1.54) is 99.6 Å². The highest BCUT2D eigenvalue weighted by Crippen LogP contribution is 2.59. The highest BCUT2D eigenvalue weighted by Gasteiger charge is 2.41. The summed E-state index contributed by atoms with van der Waals surface area (Å²) in [5.41, 5.74) is 19.7. The van der Waals surface area contributed by atoms with Gasteiger partial charge in [-0.2, -0.15) is 0 Å². The maximum atomic E-state index is 2.63. The molecule has 2 heteroatoms. The molecule has 10 aromatic rings. The summed E-state index contributed by atoms with van der Waals surface area (Å²) in [6.07, 6.45) is 0. The lowest BCUT2D eigenvalue weighted by Crippen LogP contribution is -2.18. The van der Waals surface area contributed by atoms with Gasteiger partial charge < -0.3 is 9.47 Å². The zero-order chi connectivity index (χ0) is 40.3. The maximum absolute atomic E-state index is 2.63. The van der Waals surface area contributed by atoms with Gasteiger partial charge in [-0.1, -0.05) is 185 Å². The Kier molecular flexibility index (Phi) is 7.36. The molecule has 0 fully saturated rings. The van der Waals surface area contributed by atoms with Crippen LogP contribution in [-0.2, 0) is 10.8 Å². The molecule has 0 amide bonds. The van der Waals surface area contributed by atoms with E-state index >= 15 is 0 Å². The van der Waals surface area contributed by atoms with Crippen LogP contribution in [0.3, 0.4) is 0 Å². The fourth-order valence-corrected chi connectivity index (χ4v) is 11.0. The SMILES string of the molecule is CC1(C)c2ccccc2-c2c(N(c3cc(-c4cccc5ccccc45)ccc3-n3c4ccccc4c4ccccc43)c3cccc4c3-c3ccccc3C4(C)C)cccc21. The van der Waals surface area contributed by atoms with Crippen LogP contribution in [0.4, 0.5) is 17.1 Å². The Hall–Kier alpha value is -7.16. The Bertz CT molecular complexity index is 3230. The van der Waals surface area contributed by atoms with Gasteiger partial charge in [0.25, 0.3) is 0 Å². The molecule has 9 aromatic carbocycles. The van der Waals surface area contributed by atoms with E-state index in [1.807, 2.05) is 0 Å². The van der Waals surface area contributed by atoms with Crippen molar-refractivity contribution in [2.75, 3.05) is 4.90 Å². The van der Waals surface area contributed by atoms with Gasteiger partial charge in [-0.25, -0.2) is 0 Å². The van der Waals surface area contributed by atoms with Crippen molar-refractivity contribution < 1.29 is 0 Å². The molecule has 0 bridgehead atoms. The van der Waals surface area contributed by atoms with E-state index in [4.69, 9.17) is 0 Å². The van der Waals surface area contributed by atoms with Crippen molar-refractivity contribution in [2.45, 2.75) is 38.5 Å². The fourth-order valence-electron chi connectivity index (χ4n) is 11.0. The third-order valence-corrected chi connectivity index (χ3v) is 13.8. The van der Waals surface area contributed by atoms with Crippen LogP contribution >= 0.6 is 0 Å². The molecule has 0 N–H and O–H groups in total. The molecule has 12 rings (SSSR count). The molecule has 1 heterocycles. The third-order valence-electron chi connectivity index (χ3n) is 13.8. The molecule has 2 aliphatic carbocycles. The van der Waals surface area contributed by atoms with Crippen LogP contribution in [-0.4, -0.2) is 4.57 Å². The van der Waals surface area contributed by atoms with E-state index in [0.29, 0.717) is 0 Å². The average Bonchev–Trinajstić information content (AvgIpc) is 3.84. The van der Waals surface area contributed by atoms with Crippen LogP contribution in [0.1, 0.15) is 49.9 Å². The highest BCUT2D eigenvalue weighted by atomic mass is 15.2. The van der Waals surface area contributed by atoms with Gasteiger partial charge in [-0.3, -0.25) is 0 Å². The number of hydrogen-bond donors (Lipinski definition) is 0. The van der Waals surface area contributed by atoms with Crippen molar-refractivity contribution >= 4 is 49.6 Å². The van der Waals surface area contributed by atoms with E-state index in [2.05, 4.69) is 231 Å². The summed E-state index contributed by atoms with van der Waals surface area (Å²) in [4.78, 5) is 2.63. The fraction of sp³-hybridized carbons (Fsp3) is 0.103. The van der Waals surface area contributed by atoms with Gasteiger partial charge in [0.2, 0.25) is 0 Å². The van der Waals surface area contributed by atoms with Crippen LogP contribution < -0.4 is 4.90 Å². The summed E-state index contributed by atoms with van der Waals surface area (Å²) >= 11 is 0. The maximum Gasteiger partial charge on any atom is 0.0709 e. The Labute approximate surface area is 351 Å². The van der Waals surface area contributed by atoms with Gasteiger partial charge in [-0.15, -0.1) is 0 Å². The van der Waals surface area contributed by atoms with E-state index in [-0.39, 0.29) is 10.8 Å². The topological polar surface area (TPSA) is 8.17 Å². The van der Waals surface area contributed by atoms with Gasteiger partial charge in [0.15, 0.2) is 0 Å². The Balaban J connectivity index is 1.26. The summed E-state index contributed by atoms with van der Waals surface area (Å²) < 4.78 is 2.50. The summed E-state index contributed by atoms with van der Waals surface area (Å²) in [6, 6.07) is 72.5. The summed E-state index contributed by atoms with van der Waals surface area (Å²) in [5, 5.41) is 4.97. The normalized spacial score (nSPS) is 14.3. The lowest BCUT2D eigenvalue weighted by Gasteiger charge is -2.33. The minimum Gasteiger partial charge on any atom is -0.307 e. The molecule has 2 aliphatic rings. The first kappa shape index (κ1) is 34.8. The lowest BCUT2D eigenvalue weighted by molar-refractivity contribution is 0.660. The number of fused-ring (bicyclic) bond motifs is 10. The number of hydrogen-bond acceptors (Lipinski definition) is 1. The first-order valence-corrected chi connectivity index (χ1v) is 21.2. The Morgan fingerprint density at radius 3 is 1.42 bits per heavy atom. The first-order valence-electron chi connectivity index (χ1n) is 21.2. The second kappa shape index (κ2) is 12.7. The molecular weight excluding hydrogens is 725 g/mol. The van der Waals surface area contributed by atoms with Crippen molar-refractivity contribution in [2.24, 2.45) is 0 Å². The quantitative estimate of drug-likeness (QED) is 0.169. The van der Waals surface area contributed by atoms with Crippen molar-refractivity contribution in [1.82, 2.24) is 4.57 Å². The number of para-hydroxylation sites is 2. The molecule has 0 saturated heterocycles. The van der Waals surface area contributed by atoms with Crippen molar-refractivity contribution in [1.29, 1.82) is 0 Å². The second-order valence-corrected chi connectivity index (χ2v) is 17.7. The molecule has 0 spiro atoms. The minimum absolute atomic E-state index is 0.165. The van der Waals surface area contributed by atoms with Crippen LogP contribution in [0.25, 0.3) is 71.6 Å². The number of nitrogens with zero attached hydrogens (tertiary/aromatic N) is 2. The molecule has 0 unspecified atom stereocenters. The van der Waals surface area contributed by atoms with Crippen LogP contribution in [0.5, 0.6) is 0 Å². The van der Waals surface area contributed by atoms with Crippen LogP contribution in [0.15, 0.2) is 194 Å². The highest BCUT2D eigenvalue weighted by molar-refractivity contribution is 6.11. The monoisotopic (exact) mass is 768 g/mol. The summed E-state index contributed by atoms with van der Waals surface area (Å²) in [7, 11) is 0. The van der Waals surface area contributed by atoms with E-state index in [9.17, 15) is 0 Å². The largest absolute Gasteiger partial charge is 0.307 e. The molecule has 0 atom stereocenters. The van der Waals surface area contributed by atoms with Crippen LogP contribution in [0, 0.1) is 0 Å². The van der Waals surface area contributed by atoms with Gasteiger partial charge in [0, 0.05) is 32.7 Å². The second-order valence-electron chi connectivity index (χ2n) is 17.7. The van der Waals surface area contributed by atoms with Gasteiger partial charge in [0.1, 0.15) is 0 Å². The molecule has 60 heavy (non-hydrogen) atoms. The van der Waals surface area contributed by atoms with Crippen molar-refractivity contribution in [3.63, 3.8) is 0 Å². The molecule has 0 radical (unpaired) electrons. The zero-order valence-electron chi connectivity index (χ0n) is 34.4. The minimum atomic E-state index is -0.165. The number of benzene rings is 9. The predicted octanol–water partition coefficient (Wildman–Crippen LogP) is 15.7. The number of rotatable bonds is 5. The standard InChI is InChI=1S/C58H44N2/c1-57(2)45-26-11-7-23-43(45)55-47(57)28-16-32-52(55)60(53-33-17-29-48-56(53)44-24-8-12-27-46(44)58(48,3)4)54-36-38(40-25-15-19-37-18-5-6-20-39(37)40)34-35-51(54)59-49-30-13-9-21-41(49)42-22-10-14-31-50(42)59/h5-36H,1-4H3. The van der Waals surface area contributed by atoms with Crippen LogP contribution in [0.2, 0.25) is 0 Å². The molecule has 2 nitrogen and oxygen atoms in total. The van der Waals surface area contributed by atoms with E-state index in [0.717, 1.165) is 11.4 Å². The van der Waals surface area contributed by atoms with Gasteiger partial charge in [0.05, 0.1) is 33.8 Å². The molecule has 1 aromatic heterocycles. The Morgan fingerprint density at radius 1 is 0.367 bits per heavy atom. The molecule has 0 saturated carbocycles. The van der Waals surface area contributed by atoms with Crippen molar-refractivity contribution in [3.8, 4) is 39.1 Å². The third kappa shape index (κ3) is 4.76. The number of aromatic nitrogens is 1. The van der Waals surface area contributed by atoms with E-state index < -0.39 is 0 Å². The van der Waals surface area contributed by atoms with Gasteiger partial charge in [-0.05, 0) is 91.7 Å². The average molecular weight is 769 g/mol.